The standard InChI is InChI=1S/C16H31NO2/c1-15(2,3)14(18)9-11-17-10-7-8-13(17)12-19-16(4,5)6/h13H,7-12H2,1-6H3/t13-/m0/s1. The average Bonchev–Trinajstić information content (AvgIpc) is 2.68. The number of hydrogen-bond acceptors (Lipinski definition) is 3. The van der Waals surface area contributed by atoms with E-state index in [-0.39, 0.29) is 11.0 Å². The monoisotopic (exact) mass is 269 g/mol. The smallest absolute Gasteiger partial charge is 0.139 e. The zero-order chi connectivity index (χ0) is 14.7. The molecular weight excluding hydrogens is 238 g/mol. The fourth-order valence-corrected chi connectivity index (χ4v) is 2.34. The highest BCUT2D eigenvalue weighted by molar-refractivity contribution is 5.83. The largest absolute Gasteiger partial charge is 0.374 e. The maximum absolute atomic E-state index is 12.0. The van der Waals surface area contributed by atoms with Gasteiger partial charge in [0.1, 0.15) is 5.78 Å². The van der Waals surface area contributed by atoms with Gasteiger partial charge in [0.15, 0.2) is 0 Å². The fraction of sp³-hybridized carbons (Fsp3) is 0.938. The van der Waals surface area contributed by atoms with Crippen LogP contribution < -0.4 is 0 Å². The first-order chi connectivity index (χ1) is 8.59. The third kappa shape index (κ3) is 6.05. The lowest BCUT2D eigenvalue weighted by molar-refractivity contribution is -0.126. The molecule has 3 nitrogen and oxygen atoms in total. The van der Waals surface area contributed by atoms with Crippen molar-refractivity contribution < 1.29 is 9.53 Å². The van der Waals surface area contributed by atoms with Gasteiger partial charge < -0.3 is 4.74 Å². The van der Waals surface area contributed by atoms with Crippen LogP contribution in [-0.4, -0.2) is 42.0 Å². The lowest BCUT2D eigenvalue weighted by Crippen LogP contribution is -2.38. The number of likely N-dealkylation sites (tertiary alicyclic amines) is 1. The van der Waals surface area contributed by atoms with E-state index in [4.69, 9.17) is 4.74 Å². The number of carbonyl (C=O) groups is 1. The van der Waals surface area contributed by atoms with Gasteiger partial charge in [0.05, 0.1) is 12.2 Å². The van der Waals surface area contributed by atoms with Crippen LogP contribution in [0.5, 0.6) is 0 Å². The van der Waals surface area contributed by atoms with Crippen molar-refractivity contribution >= 4 is 5.78 Å². The number of carbonyl (C=O) groups excluding carboxylic acids is 1. The van der Waals surface area contributed by atoms with E-state index in [0.29, 0.717) is 18.2 Å². The van der Waals surface area contributed by atoms with Gasteiger partial charge >= 0.3 is 0 Å². The molecule has 1 aliphatic heterocycles. The molecule has 3 heteroatoms. The van der Waals surface area contributed by atoms with Crippen molar-refractivity contribution in [2.24, 2.45) is 5.41 Å². The highest BCUT2D eigenvalue weighted by atomic mass is 16.5. The van der Waals surface area contributed by atoms with Crippen LogP contribution in [0.15, 0.2) is 0 Å². The molecule has 19 heavy (non-hydrogen) atoms. The molecule has 0 N–H and O–H groups in total. The van der Waals surface area contributed by atoms with E-state index >= 15 is 0 Å². The molecule has 1 aliphatic rings. The maximum atomic E-state index is 12.0. The van der Waals surface area contributed by atoms with Gasteiger partial charge in [-0.15, -0.1) is 0 Å². The minimum absolute atomic E-state index is 0.0739. The minimum Gasteiger partial charge on any atom is -0.374 e. The van der Waals surface area contributed by atoms with Crippen LogP contribution in [0.3, 0.4) is 0 Å². The number of ketones is 1. The third-order valence-corrected chi connectivity index (χ3v) is 3.67. The summed E-state index contributed by atoms with van der Waals surface area (Å²) in [6.45, 7) is 15.1. The summed E-state index contributed by atoms with van der Waals surface area (Å²) in [6, 6.07) is 0.493. The first kappa shape index (κ1) is 16.6. The number of rotatable bonds is 5. The molecule has 1 rings (SSSR count). The summed E-state index contributed by atoms with van der Waals surface area (Å²) >= 11 is 0. The summed E-state index contributed by atoms with van der Waals surface area (Å²) in [5.74, 6) is 0.356. The van der Waals surface area contributed by atoms with Gasteiger partial charge in [-0.1, -0.05) is 20.8 Å². The molecule has 1 fully saturated rings. The molecule has 0 amide bonds. The summed E-state index contributed by atoms with van der Waals surface area (Å²) in [7, 11) is 0. The minimum atomic E-state index is -0.211. The summed E-state index contributed by atoms with van der Waals surface area (Å²) < 4.78 is 5.89. The van der Waals surface area contributed by atoms with Crippen molar-refractivity contribution in [1.82, 2.24) is 4.90 Å². The van der Waals surface area contributed by atoms with E-state index in [9.17, 15) is 4.79 Å². The van der Waals surface area contributed by atoms with Crippen molar-refractivity contribution in [3.8, 4) is 0 Å². The number of ether oxygens (including phenoxy) is 1. The van der Waals surface area contributed by atoms with Gasteiger partial charge in [0.25, 0.3) is 0 Å². The second-order valence-electron chi connectivity index (χ2n) is 7.68. The van der Waals surface area contributed by atoms with Gasteiger partial charge in [0.2, 0.25) is 0 Å². The van der Waals surface area contributed by atoms with Gasteiger partial charge in [-0.3, -0.25) is 9.69 Å². The zero-order valence-corrected chi connectivity index (χ0v) is 13.6. The van der Waals surface area contributed by atoms with Crippen molar-refractivity contribution in [3.63, 3.8) is 0 Å². The molecule has 0 aromatic heterocycles. The first-order valence-electron chi connectivity index (χ1n) is 7.51. The molecular formula is C16H31NO2. The second kappa shape index (κ2) is 6.36. The predicted molar refractivity (Wildman–Crippen MR) is 79.4 cm³/mol. The first-order valence-corrected chi connectivity index (χ1v) is 7.51. The Morgan fingerprint density at radius 1 is 1.21 bits per heavy atom. The molecule has 1 atom stereocenters. The third-order valence-electron chi connectivity index (χ3n) is 3.67. The van der Waals surface area contributed by atoms with Crippen molar-refractivity contribution in [2.45, 2.75) is 72.4 Å². The van der Waals surface area contributed by atoms with E-state index in [0.717, 1.165) is 19.7 Å². The maximum Gasteiger partial charge on any atom is 0.139 e. The summed E-state index contributed by atoms with van der Waals surface area (Å²) in [5.41, 5.74) is -0.285. The van der Waals surface area contributed by atoms with Crippen LogP contribution in [0.25, 0.3) is 0 Å². The molecule has 0 saturated carbocycles. The second-order valence-corrected chi connectivity index (χ2v) is 7.68. The molecule has 0 radical (unpaired) electrons. The van der Waals surface area contributed by atoms with Crippen molar-refractivity contribution in [1.29, 1.82) is 0 Å². The molecule has 0 bridgehead atoms. The molecule has 0 unspecified atom stereocenters. The van der Waals surface area contributed by atoms with E-state index in [1.165, 1.54) is 12.8 Å². The lowest BCUT2D eigenvalue weighted by atomic mass is 9.89. The van der Waals surface area contributed by atoms with E-state index in [2.05, 4.69) is 25.7 Å². The normalized spacial score (nSPS) is 21.9. The molecule has 0 aromatic carbocycles. The molecule has 0 spiro atoms. The molecule has 0 aromatic rings. The Balaban J connectivity index is 2.38. The number of nitrogens with zero attached hydrogens (tertiary/aromatic N) is 1. The SMILES string of the molecule is CC(C)(C)OC[C@@H]1CCCN1CCC(=O)C(C)(C)C. The highest BCUT2D eigenvalue weighted by Gasteiger charge is 2.28. The highest BCUT2D eigenvalue weighted by Crippen LogP contribution is 2.22. The lowest BCUT2D eigenvalue weighted by Gasteiger charge is -2.28. The molecule has 112 valence electrons. The topological polar surface area (TPSA) is 29.5 Å². The van der Waals surface area contributed by atoms with Gasteiger partial charge in [0, 0.05) is 24.4 Å². The van der Waals surface area contributed by atoms with Crippen LogP contribution in [-0.2, 0) is 9.53 Å². The van der Waals surface area contributed by atoms with Crippen molar-refractivity contribution in [2.75, 3.05) is 19.7 Å². The van der Waals surface area contributed by atoms with Gasteiger partial charge in [-0.05, 0) is 40.2 Å². The van der Waals surface area contributed by atoms with E-state index in [1.54, 1.807) is 0 Å². The van der Waals surface area contributed by atoms with E-state index < -0.39 is 0 Å². The predicted octanol–water partition coefficient (Wildman–Crippen LogP) is 3.27. The Kier molecular flexibility index (Phi) is 5.57. The van der Waals surface area contributed by atoms with Crippen LogP contribution in [0, 0.1) is 5.41 Å². The summed E-state index contributed by atoms with van der Waals surface area (Å²) in [4.78, 5) is 14.4. The molecule has 1 saturated heterocycles. The Bertz CT molecular complexity index is 299. The van der Waals surface area contributed by atoms with E-state index in [1.807, 2.05) is 20.8 Å². The Labute approximate surface area is 118 Å². The number of hydrogen-bond donors (Lipinski definition) is 0. The average molecular weight is 269 g/mol. The molecule has 0 aliphatic carbocycles. The zero-order valence-electron chi connectivity index (χ0n) is 13.6. The number of Topliss-reactive ketones (excluding diaryl/α,β-unsaturated/α-hetero) is 1. The van der Waals surface area contributed by atoms with Gasteiger partial charge in [-0.2, -0.15) is 0 Å². The Hall–Kier alpha value is -0.410. The summed E-state index contributed by atoms with van der Waals surface area (Å²) in [6.07, 6.45) is 3.08. The fourth-order valence-electron chi connectivity index (χ4n) is 2.34. The Morgan fingerprint density at radius 3 is 2.37 bits per heavy atom. The quantitative estimate of drug-likeness (QED) is 0.767. The van der Waals surface area contributed by atoms with Crippen LogP contribution in [0.2, 0.25) is 0 Å². The Morgan fingerprint density at radius 2 is 1.84 bits per heavy atom. The van der Waals surface area contributed by atoms with Gasteiger partial charge in [-0.25, -0.2) is 0 Å². The van der Waals surface area contributed by atoms with Crippen LogP contribution >= 0.6 is 0 Å². The molecule has 1 heterocycles. The summed E-state index contributed by atoms with van der Waals surface area (Å²) in [5, 5.41) is 0. The van der Waals surface area contributed by atoms with Crippen molar-refractivity contribution in [3.05, 3.63) is 0 Å². The van der Waals surface area contributed by atoms with Crippen LogP contribution in [0.1, 0.15) is 60.8 Å². The van der Waals surface area contributed by atoms with Crippen LogP contribution in [0.4, 0.5) is 0 Å².